The molecule has 1 aliphatic heterocycles. The van der Waals surface area contributed by atoms with Gasteiger partial charge in [-0.05, 0) is 43.4 Å². The summed E-state index contributed by atoms with van der Waals surface area (Å²) in [6.07, 6.45) is 3.49. The van der Waals surface area contributed by atoms with Gasteiger partial charge in [0.05, 0.1) is 24.5 Å². The second-order valence-corrected chi connectivity index (χ2v) is 7.54. The van der Waals surface area contributed by atoms with Crippen molar-refractivity contribution in [2.24, 2.45) is 0 Å². The Morgan fingerprint density at radius 2 is 1.77 bits per heavy atom. The van der Waals surface area contributed by atoms with Gasteiger partial charge < -0.3 is 19.9 Å². The maximum Gasteiger partial charge on any atom is 0.233 e. The molecule has 158 valence electrons. The van der Waals surface area contributed by atoms with Gasteiger partial charge in [-0.2, -0.15) is 5.10 Å². The normalized spacial score (nSPS) is 14.7. The van der Waals surface area contributed by atoms with Crippen LogP contribution in [0.5, 0.6) is 5.88 Å². The Balaban J connectivity index is 1.34. The fourth-order valence-corrected chi connectivity index (χ4v) is 3.69. The molecule has 0 atom stereocenters. The average molecular weight is 416 g/mol. The molecule has 0 spiro atoms. The Morgan fingerprint density at radius 1 is 0.968 bits per heavy atom. The molecule has 1 N–H and O–H groups in total. The van der Waals surface area contributed by atoms with Crippen molar-refractivity contribution >= 4 is 22.8 Å². The first-order chi connectivity index (χ1) is 15.2. The number of rotatable bonds is 5. The number of benzene rings is 1. The molecule has 0 aliphatic carbocycles. The minimum absolute atomic E-state index is 0.507. The van der Waals surface area contributed by atoms with Crippen LogP contribution in [0.2, 0.25) is 0 Å². The number of nitrogens with one attached hydrogen (secondary N) is 1. The minimum atomic E-state index is 0.507. The first-order valence-corrected chi connectivity index (χ1v) is 10.2. The Bertz CT molecular complexity index is 1180. The third-order valence-corrected chi connectivity index (χ3v) is 5.50. The summed E-state index contributed by atoms with van der Waals surface area (Å²) < 4.78 is 6.70. The van der Waals surface area contributed by atoms with Crippen molar-refractivity contribution in [3.8, 4) is 17.1 Å². The third-order valence-electron chi connectivity index (χ3n) is 5.50. The molecule has 9 heteroatoms. The van der Waals surface area contributed by atoms with Crippen molar-refractivity contribution in [2.75, 3.05) is 50.6 Å². The van der Waals surface area contributed by atoms with E-state index in [1.54, 1.807) is 24.1 Å². The van der Waals surface area contributed by atoms with Crippen molar-refractivity contribution < 1.29 is 4.74 Å². The van der Waals surface area contributed by atoms with E-state index in [2.05, 4.69) is 66.6 Å². The van der Waals surface area contributed by atoms with E-state index in [0.29, 0.717) is 11.8 Å². The zero-order chi connectivity index (χ0) is 21.2. The number of hydrogen-bond acceptors (Lipinski definition) is 8. The molecule has 3 aromatic heterocycles. The zero-order valence-electron chi connectivity index (χ0n) is 17.6. The highest BCUT2D eigenvalue weighted by Crippen LogP contribution is 2.25. The predicted molar refractivity (Wildman–Crippen MR) is 120 cm³/mol. The van der Waals surface area contributed by atoms with Gasteiger partial charge in [0.25, 0.3) is 0 Å². The van der Waals surface area contributed by atoms with Crippen molar-refractivity contribution in [3.63, 3.8) is 0 Å². The smallest absolute Gasteiger partial charge is 0.233 e. The van der Waals surface area contributed by atoms with Crippen molar-refractivity contribution in [3.05, 3.63) is 54.9 Å². The number of likely N-dealkylation sites (N-methyl/N-ethyl adjacent to an activating group) is 1. The van der Waals surface area contributed by atoms with Crippen LogP contribution in [0.1, 0.15) is 0 Å². The summed E-state index contributed by atoms with van der Waals surface area (Å²) in [5, 5.41) is 11.9. The second-order valence-electron chi connectivity index (χ2n) is 7.54. The van der Waals surface area contributed by atoms with E-state index >= 15 is 0 Å². The number of aromatic nitrogens is 5. The highest BCUT2D eigenvalue weighted by atomic mass is 16.5. The van der Waals surface area contributed by atoms with Gasteiger partial charge in [-0.25, -0.2) is 9.97 Å². The Morgan fingerprint density at radius 3 is 2.55 bits per heavy atom. The van der Waals surface area contributed by atoms with Crippen LogP contribution < -0.4 is 15.0 Å². The van der Waals surface area contributed by atoms with Gasteiger partial charge in [0.15, 0.2) is 0 Å². The topological polar surface area (TPSA) is 83.7 Å². The van der Waals surface area contributed by atoms with Crippen molar-refractivity contribution in [1.82, 2.24) is 29.7 Å². The highest BCUT2D eigenvalue weighted by Gasteiger charge is 2.14. The first-order valence-electron chi connectivity index (χ1n) is 10.2. The van der Waals surface area contributed by atoms with E-state index in [9.17, 15) is 0 Å². The minimum Gasteiger partial charge on any atom is -0.480 e. The molecule has 0 radical (unpaired) electrons. The van der Waals surface area contributed by atoms with Crippen LogP contribution in [0, 0.1) is 0 Å². The molecule has 1 aromatic carbocycles. The number of nitrogens with zero attached hydrogens (tertiary/aromatic N) is 7. The fourth-order valence-electron chi connectivity index (χ4n) is 3.69. The van der Waals surface area contributed by atoms with Gasteiger partial charge >= 0.3 is 0 Å². The summed E-state index contributed by atoms with van der Waals surface area (Å²) in [6.45, 7) is 4.28. The molecule has 0 saturated carbocycles. The van der Waals surface area contributed by atoms with E-state index < -0.39 is 0 Å². The quantitative estimate of drug-likeness (QED) is 0.532. The Labute approximate surface area is 180 Å². The van der Waals surface area contributed by atoms with Crippen LogP contribution >= 0.6 is 0 Å². The lowest BCUT2D eigenvalue weighted by Gasteiger charge is -2.34. The summed E-state index contributed by atoms with van der Waals surface area (Å²) in [5.74, 6) is 1.04. The molecule has 1 aliphatic rings. The monoisotopic (exact) mass is 416 g/mol. The van der Waals surface area contributed by atoms with E-state index in [4.69, 9.17) is 4.74 Å². The summed E-state index contributed by atoms with van der Waals surface area (Å²) in [4.78, 5) is 13.8. The van der Waals surface area contributed by atoms with Crippen LogP contribution in [0.25, 0.3) is 16.8 Å². The first kappa shape index (κ1) is 19.3. The number of anilines is 3. The van der Waals surface area contributed by atoms with Crippen LogP contribution in [0.15, 0.2) is 54.9 Å². The molecule has 4 heterocycles. The van der Waals surface area contributed by atoms with Gasteiger partial charge in [-0.1, -0.05) is 0 Å². The van der Waals surface area contributed by atoms with Gasteiger partial charge in [-0.15, -0.1) is 9.73 Å². The average Bonchev–Trinajstić information content (AvgIpc) is 3.23. The highest BCUT2D eigenvalue weighted by molar-refractivity contribution is 5.77. The van der Waals surface area contributed by atoms with Crippen molar-refractivity contribution in [1.29, 1.82) is 0 Å². The second kappa shape index (κ2) is 8.19. The van der Waals surface area contributed by atoms with Crippen LogP contribution in [-0.2, 0) is 0 Å². The third kappa shape index (κ3) is 3.99. The van der Waals surface area contributed by atoms with Gasteiger partial charge in [0.2, 0.25) is 11.8 Å². The van der Waals surface area contributed by atoms with E-state index in [-0.39, 0.29) is 0 Å². The molecule has 0 amide bonds. The lowest BCUT2D eigenvalue weighted by Crippen LogP contribution is -2.44. The molecule has 5 rings (SSSR count). The number of fused-ring (bicyclic) bond motifs is 1. The number of ether oxygens (including phenoxy) is 1. The number of methoxy groups -OCH3 is 1. The SMILES string of the molecule is COc1ccc2c(-c3ccnc(Nc4ccc(N5CCN(C)CC5)cc4)n3)cnn2n1. The largest absolute Gasteiger partial charge is 0.480 e. The van der Waals surface area contributed by atoms with Crippen LogP contribution in [-0.4, -0.2) is 70.0 Å². The molecule has 9 nitrogen and oxygen atoms in total. The van der Waals surface area contributed by atoms with Crippen molar-refractivity contribution in [2.45, 2.75) is 0 Å². The Kier molecular flexibility index (Phi) is 5.09. The molecule has 0 bridgehead atoms. The zero-order valence-corrected chi connectivity index (χ0v) is 17.6. The molecule has 1 saturated heterocycles. The summed E-state index contributed by atoms with van der Waals surface area (Å²) in [5.41, 5.74) is 4.69. The molecule has 4 aromatic rings. The lowest BCUT2D eigenvalue weighted by atomic mass is 10.2. The van der Waals surface area contributed by atoms with Crippen LogP contribution in [0.3, 0.4) is 0 Å². The van der Waals surface area contributed by atoms with E-state index in [1.807, 2.05) is 18.2 Å². The number of piperazine rings is 1. The standard InChI is InChI=1S/C22H24N8O/c1-28-11-13-29(14-12-28)17-5-3-16(4-6-17)25-22-23-10-9-19(26-22)18-15-24-30-20(18)7-8-21(27-30)31-2/h3-10,15H,11-14H2,1-2H3,(H,23,25,26). The molecule has 1 fully saturated rings. The van der Waals surface area contributed by atoms with E-state index in [0.717, 1.165) is 48.6 Å². The predicted octanol–water partition coefficient (Wildman–Crippen LogP) is 2.69. The van der Waals surface area contributed by atoms with Crippen LogP contribution in [0.4, 0.5) is 17.3 Å². The molecular formula is C22H24N8O. The summed E-state index contributed by atoms with van der Waals surface area (Å²) in [6, 6.07) is 14.0. The number of hydrogen-bond donors (Lipinski definition) is 1. The molecular weight excluding hydrogens is 392 g/mol. The van der Waals surface area contributed by atoms with Gasteiger partial charge in [0.1, 0.15) is 0 Å². The van der Waals surface area contributed by atoms with Gasteiger partial charge in [-0.3, -0.25) is 0 Å². The maximum absolute atomic E-state index is 5.16. The lowest BCUT2D eigenvalue weighted by molar-refractivity contribution is 0.313. The summed E-state index contributed by atoms with van der Waals surface area (Å²) in [7, 11) is 3.75. The van der Waals surface area contributed by atoms with Gasteiger partial charge in [0, 0.05) is 55.4 Å². The summed E-state index contributed by atoms with van der Waals surface area (Å²) >= 11 is 0. The molecule has 0 unspecified atom stereocenters. The fraction of sp³-hybridized carbons (Fsp3) is 0.273. The Hall–Kier alpha value is -3.72. The maximum atomic E-state index is 5.16. The molecule has 31 heavy (non-hydrogen) atoms. The van der Waals surface area contributed by atoms with E-state index in [1.165, 1.54) is 5.69 Å².